The second kappa shape index (κ2) is 5.72. The molecule has 3 rings (SSSR count). The Morgan fingerprint density at radius 1 is 1.29 bits per heavy atom. The Hall–Kier alpha value is -2.17. The van der Waals surface area contributed by atoms with Gasteiger partial charge in [0.25, 0.3) is 0 Å². The third-order valence-corrected chi connectivity index (χ3v) is 5.99. The summed E-state index contributed by atoms with van der Waals surface area (Å²) in [6.07, 6.45) is 1.95. The number of esters is 1. The number of nitrogens with one attached hydrogen (secondary N) is 1. The Morgan fingerprint density at radius 2 is 1.96 bits per heavy atom. The second-order valence-electron chi connectivity index (χ2n) is 7.38. The molecule has 2 aliphatic rings. The van der Waals surface area contributed by atoms with Crippen LogP contribution in [0.1, 0.15) is 50.9 Å². The van der Waals surface area contributed by atoms with E-state index in [4.69, 9.17) is 4.74 Å². The molecule has 1 aromatic carbocycles. The molecule has 0 heterocycles. The maximum Gasteiger partial charge on any atom is 0.338 e. The van der Waals surface area contributed by atoms with Crippen molar-refractivity contribution >= 4 is 23.2 Å². The van der Waals surface area contributed by atoms with Gasteiger partial charge < -0.3 is 4.74 Å². The van der Waals surface area contributed by atoms with E-state index < -0.39 is 0 Å². The number of carbonyl (C=O) groups is 2. The molecule has 2 saturated carbocycles. The minimum Gasteiger partial charge on any atom is -0.462 e. The van der Waals surface area contributed by atoms with Crippen LogP contribution in [0.3, 0.4) is 0 Å². The summed E-state index contributed by atoms with van der Waals surface area (Å²) in [7, 11) is 0. The monoisotopic (exact) mass is 328 g/mol. The molecule has 1 aromatic rings. The number of benzene rings is 1. The molecule has 24 heavy (non-hydrogen) atoms. The van der Waals surface area contributed by atoms with Crippen LogP contribution in [-0.2, 0) is 9.53 Å². The van der Waals surface area contributed by atoms with Crippen molar-refractivity contribution in [2.45, 2.75) is 40.5 Å². The van der Waals surface area contributed by atoms with E-state index in [0.717, 1.165) is 18.5 Å². The minimum atomic E-state index is -0.340. The standard InChI is InChI=1S/C19H24N2O3/c1-5-24-17(23)12-6-8-13(9-7-12)20-21-15-14-10-11-19(4,16(15)22)18(14,2)3/h6-9,14,20H,5,10-11H2,1-4H3/b21-15+. The Balaban J connectivity index is 1.75. The van der Waals surface area contributed by atoms with E-state index >= 15 is 0 Å². The van der Waals surface area contributed by atoms with Crippen LogP contribution in [0, 0.1) is 16.7 Å². The minimum absolute atomic E-state index is 0.0433. The fraction of sp³-hybridized carbons (Fsp3) is 0.526. The first kappa shape index (κ1) is 16.7. The van der Waals surface area contributed by atoms with Crippen LogP contribution in [0.4, 0.5) is 5.69 Å². The summed E-state index contributed by atoms with van der Waals surface area (Å²) >= 11 is 0. The number of nitrogens with zero attached hydrogens (tertiary/aromatic N) is 1. The number of hydrazone groups is 1. The van der Waals surface area contributed by atoms with Crippen molar-refractivity contribution in [3.63, 3.8) is 0 Å². The Morgan fingerprint density at radius 3 is 2.50 bits per heavy atom. The third-order valence-electron chi connectivity index (χ3n) is 5.99. The maximum absolute atomic E-state index is 12.7. The molecule has 0 amide bonds. The second-order valence-corrected chi connectivity index (χ2v) is 7.38. The zero-order valence-electron chi connectivity index (χ0n) is 14.7. The smallest absolute Gasteiger partial charge is 0.338 e. The highest BCUT2D eigenvalue weighted by molar-refractivity contribution is 6.45. The van der Waals surface area contributed by atoms with Gasteiger partial charge in [0.05, 0.1) is 17.9 Å². The summed E-state index contributed by atoms with van der Waals surface area (Å²) < 4.78 is 4.96. The zero-order valence-corrected chi connectivity index (χ0v) is 14.7. The van der Waals surface area contributed by atoms with Gasteiger partial charge in [-0.05, 0) is 49.4 Å². The number of fused-ring (bicyclic) bond motifs is 2. The van der Waals surface area contributed by atoms with Gasteiger partial charge in [0.2, 0.25) is 0 Å². The lowest BCUT2D eigenvalue weighted by molar-refractivity contribution is -0.123. The van der Waals surface area contributed by atoms with Crippen molar-refractivity contribution < 1.29 is 14.3 Å². The van der Waals surface area contributed by atoms with Crippen molar-refractivity contribution in [2.75, 3.05) is 12.0 Å². The van der Waals surface area contributed by atoms with Gasteiger partial charge in [-0.1, -0.05) is 20.8 Å². The number of ketones is 1. The topological polar surface area (TPSA) is 67.8 Å². The van der Waals surface area contributed by atoms with Crippen molar-refractivity contribution in [3.05, 3.63) is 29.8 Å². The molecule has 0 aliphatic heterocycles. The molecule has 0 aromatic heterocycles. The van der Waals surface area contributed by atoms with Gasteiger partial charge in [0, 0.05) is 11.3 Å². The zero-order chi connectivity index (χ0) is 17.5. The number of hydrogen-bond donors (Lipinski definition) is 1. The van der Waals surface area contributed by atoms with Gasteiger partial charge in [-0.2, -0.15) is 5.10 Å². The third kappa shape index (κ3) is 2.34. The van der Waals surface area contributed by atoms with Crippen molar-refractivity contribution in [1.82, 2.24) is 0 Å². The van der Waals surface area contributed by atoms with Gasteiger partial charge in [0.15, 0.2) is 5.78 Å². The van der Waals surface area contributed by atoms with Crippen LogP contribution in [-0.4, -0.2) is 24.1 Å². The fourth-order valence-electron chi connectivity index (χ4n) is 3.97. The lowest BCUT2D eigenvalue weighted by Crippen LogP contribution is -2.33. The number of rotatable bonds is 4. The summed E-state index contributed by atoms with van der Waals surface area (Å²) in [4.78, 5) is 24.4. The highest BCUT2D eigenvalue weighted by Gasteiger charge is 2.65. The highest BCUT2D eigenvalue weighted by atomic mass is 16.5. The molecule has 1 N–H and O–H groups in total. The first-order valence-electron chi connectivity index (χ1n) is 8.47. The molecule has 0 saturated heterocycles. The summed E-state index contributed by atoms with van der Waals surface area (Å²) in [5, 5.41) is 4.41. The molecule has 5 nitrogen and oxygen atoms in total. The quantitative estimate of drug-likeness (QED) is 0.676. The van der Waals surface area contributed by atoms with Gasteiger partial charge in [-0.15, -0.1) is 0 Å². The van der Waals surface area contributed by atoms with Crippen molar-refractivity contribution in [1.29, 1.82) is 0 Å². The Labute approximate surface area is 142 Å². The predicted octanol–water partition coefficient (Wildman–Crippen LogP) is 3.66. The summed E-state index contributed by atoms with van der Waals surface area (Å²) in [6, 6.07) is 6.91. The Bertz CT molecular complexity index is 706. The highest BCUT2D eigenvalue weighted by Crippen LogP contribution is 2.62. The molecule has 2 bridgehead atoms. The fourth-order valence-corrected chi connectivity index (χ4v) is 3.97. The lowest BCUT2D eigenvalue weighted by atomic mass is 9.70. The van der Waals surface area contributed by atoms with Crippen LogP contribution in [0.15, 0.2) is 29.4 Å². The lowest BCUT2D eigenvalue weighted by Gasteiger charge is -2.31. The van der Waals surface area contributed by atoms with Crippen LogP contribution < -0.4 is 5.43 Å². The normalized spacial score (nSPS) is 29.1. The van der Waals surface area contributed by atoms with E-state index in [9.17, 15) is 9.59 Å². The average molecular weight is 328 g/mol. The van der Waals surface area contributed by atoms with E-state index in [0.29, 0.717) is 17.9 Å². The maximum atomic E-state index is 12.7. The molecular formula is C19H24N2O3. The molecule has 2 aliphatic carbocycles. The molecule has 128 valence electrons. The predicted molar refractivity (Wildman–Crippen MR) is 93.1 cm³/mol. The molecule has 0 radical (unpaired) electrons. The van der Waals surface area contributed by atoms with Crippen molar-refractivity contribution in [2.24, 2.45) is 21.8 Å². The summed E-state index contributed by atoms with van der Waals surface area (Å²) in [5.74, 6) is 0.0361. The van der Waals surface area contributed by atoms with E-state index in [1.54, 1.807) is 31.2 Å². The number of Topliss-reactive ketones (excluding diaryl/α,β-unsaturated/α-hetero) is 1. The largest absolute Gasteiger partial charge is 0.462 e. The SMILES string of the molecule is CCOC(=O)c1ccc(N/N=C2/C(=O)C3(C)CCC2C3(C)C)cc1. The molecular weight excluding hydrogens is 304 g/mol. The first-order chi connectivity index (χ1) is 11.3. The van der Waals surface area contributed by atoms with Gasteiger partial charge in [-0.25, -0.2) is 4.79 Å². The number of ether oxygens (including phenoxy) is 1. The molecule has 2 fully saturated rings. The average Bonchev–Trinajstić information content (AvgIpc) is 2.86. The van der Waals surface area contributed by atoms with Crippen molar-refractivity contribution in [3.8, 4) is 0 Å². The molecule has 0 spiro atoms. The van der Waals surface area contributed by atoms with Gasteiger partial charge >= 0.3 is 5.97 Å². The van der Waals surface area contributed by atoms with E-state index in [-0.39, 0.29) is 28.5 Å². The Kier molecular flexibility index (Phi) is 3.98. The van der Waals surface area contributed by atoms with Crippen LogP contribution in [0.5, 0.6) is 0 Å². The van der Waals surface area contributed by atoms with Gasteiger partial charge in [0.1, 0.15) is 5.71 Å². The number of anilines is 1. The van der Waals surface area contributed by atoms with E-state index in [1.165, 1.54) is 0 Å². The summed E-state index contributed by atoms with van der Waals surface area (Å²) in [5.41, 5.74) is 4.53. The molecule has 5 heteroatoms. The first-order valence-corrected chi connectivity index (χ1v) is 8.47. The van der Waals surface area contributed by atoms with E-state index in [2.05, 4.69) is 31.3 Å². The summed E-state index contributed by atoms with van der Waals surface area (Å²) in [6.45, 7) is 8.52. The van der Waals surface area contributed by atoms with E-state index in [1.807, 2.05) is 0 Å². The molecule has 2 unspecified atom stereocenters. The van der Waals surface area contributed by atoms with Crippen LogP contribution >= 0.6 is 0 Å². The molecule has 2 atom stereocenters. The van der Waals surface area contributed by atoms with Crippen LogP contribution in [0.25, 0.3) is 0 Å². The van der Waals surface area contributed by atoms with Crippen LogP contribution in [0.2, 0.25) is 0 Å². The number of carbonyl (C=O) groups excluding carboxylic acids is 2. The number of hydrogen-bond acceptors (Lipinski definition) is 5. The van der Waals surface area contributed by atoms with Gasteiger partial charge in [-0.3, -0.25) is 10.2 Å².